The highest BCUT2D eigenvalue weighted by atomic mass is 32.2. The minimum atomic E-state index is -0.133. The van der Waals surface area contributed by atoms with Gasteiger partial charge in [-0.15, -0.1) is 5.10 Å². The Kier molecular flexibility index (Phi) is 4.82. The van der Waals surface area contributed by atoms with E-state index in [1.807, 2.05) is 14.0 Å². The van der Waals surface area contributed by atoms with Crippen molar-refractivity contribution in [3.8, 4) is 0 Å². The summed E-state index contributed by atoms with van der Waals surface area (Å²) in [5, 5.41) is 10.6. The fraction of sp³-hybridized carbons (Fsp3) is 0.818. The summed E-state index contributed by atoms with van der Waals surface area (Å²) in [6.07, 6.45) is 0. The first-order chi connectivity index (χ1) is 7.90. The molecule has 0 aliphatic carbocycles. The molecular formula is C11H22N4OS. The Morgan fingerprint density at radius 1 is 1.53 bits per heavy atom. The van der Waals surface area contributed by atoms with Crippen LogP contribution in [-0.2, 0) is 6.54 Å². The van der Waals surface area contributed by atoms with Crippen LogP contribution in [0, 0.1) is 5.41 Å². The molecule has 17 heavy (non-hydrogen) atoms. The molecule has 0 radical (unpaired) electrons. The molecule has 1 aromatic rings. The second-order valence-electron chi connectivity index (χ2n) is 5.07. The van der Waals surface area contributed by atoms with Crippen LogP contribution in [0.5, 0.6) is 0 Å². The van der Waals surface area contributed by atoms with Crippen LogP contribution in [-0.4, -0.2) is 33.6 Å². The van der Waals surface area contributed by atoms with E-state index in [4.69, 9.17) is 0 Å². The molecular weight excluding hydrogens is 236 g/mol. The van der Waals surface area contributed by atoms with Gasteiger partial charge in [0.1, 0.15) is 0 Å². The van der Waals surface area contributed by atoms with Crippen molar-refractivity contribution in [2.24, 2.45) is 5.41 Å². The van der Waals surface area contributed by atoms with Gasteiger partial charge < -0.3 is 5.32 Å². The molecule has 0 saturated carbocycles. The first kappa shape index (κ1) is 14.3. The number of hydrogen-bond acceptors (Lipinski definition) is 4. The van der Waals surface area contributed by atoms with Gasteiger partial charge in [0.05, 0.1) is 0 Å². The fourth-order valence-electron chi connectivity index (χ4n) is 1.62. The summed E-state index contributed by atoms with van der Waals surface area (Å²) in [6, 6.07) is 0.379. The molecule has 0 aliphatic heterocycles. The summed E-state index contributed by atoms with van der Waals surface area (Å²) in [4.78, 5) is 11.4. The first-order valence-electron chi connectivity index (χ1n) is 5.85. The Morgan fingerprint density at radius 3 is 2.65 bits per heavy atom. The van der Waals surface area contributed by atoms with Crippen molar-refractivity contribution in [3.63, 3.8) is 0 Å². The van der Waals surface area contributed by atoms with Crippen molar-refractivity contribution in [3.05, 3.63) is 10.5 Å². The number of thioether (sulfide) groups is 1. The highest BCUT2D eigenvalue weighted by Gasteiger charge is 2.23. The van der Waals surface area contributed by atoms with Crippen LogP contribution in [0.15, 0.2) is 9.95 Å². The lowest BCUT2D eigenvalue weighted by Crippen LogP contribution is -2.40. The summed E-state index contributed by atoms with van der Waals surface area (Å²) in [7, 11) is 1.97. The predicted molar refractivity (Wildman–Crippen MR) is 71.5 cm³/mol. The van der Waals surface area contributed by atoms with Crippen LogP contribution in [0.3, 0.4) is 0 Å². The zero-order valence-electron chi connectivity index (χ0n) is 11.2. The summed E-state index contributed by atoms with van der Waals surface area (Å²) in [6.45, 7) is 9.20. The number of rotatable bonds is 5. The summed E-state index contributed by atoms with van der Waals surface area (Å²) < 4.78 is 1.65. The molecule has 1 unspecified atom stereocenters. The van der Waals surface area contributed by atoms with Gasteiger partial charge in [0, 0.05) is 18.3 Å². The minimum Gasteiger partial charge on any atom is -0.316 e. The van der Waals surface area contributed by atoms with Crippen LogP contribution in [0.4, 0.5) is 0 Å². The van der Waals surface area contributed by atoms with E-state index in [0.717, 1.165) is 10.9 Å². The number of aromatic nitrogens is 3. The van der Waals surface area contributed by atoms with Gasteiger partial charge in [-0.25, -0.2) is 9.89 Å². The zero-order chi connectivity index (χ0) is 13.1. The number of nitrogens with one attached hydrogen (secondary N) is 2. The molecule has 0 aromatic carbocycles. The van der Waals surface area contributed by atoms with E-state index in [-0.39, 0.29) is 11.1 Å². The predicted octanol–water partition coefficient (Wildman–Crippen LogP) is 1.32. The van der Waals surface area contributed by atoms with E-state index in [0.29, 0.717) is 12.6 Å². The molecule has 0 spiro atoms. The van der Waals surface area contributed by atoms with Crippen molar-refractivity contribution in [1.82, 2.24) is 20.1 Å². The monoisotopic (exact) mass is 258 g/mol. The van der Waals surface area contributed by atoms with Crippen molar-refractivity contribution < 1.29 is 0 Å². The molecule has 2 N–H and O–H groups in total. The van der Waals surface area contributed by atoms with Crippen molar-refractivity contribution in [2.45, 2.75) is 45.4 Å². The van der Waals surface area contributed by atoms with Crippen molar-refractivity contribution in [2.75, 3.05) is 12.8 Å². The molecule has 1 rings (SSSR count). The van der Waals surface area contributed by atoms with Gasteiger partial charge in [-0.05, 0) is 19.4 Å². The van der Waals surface area contributed by atoms with Gasteiger partial charge in [-0.1, -0.05) is 32.5 Å². The molecule has 1 heterocycles. The first-order valence-corrected chi connectivity index (χ1v) is 6.84. The highest BCUT2D eigenvalue weighted by Crippen LogP contribution is 2.24. The van der Waals surface area contributed by atoms with E-state index in [2.05, 4.69) is 36.3 Å². The molecule has 0 bridgehead atoms. The Bertz CT molecular complexity index is 404. The minimum absolute atomic E-state index is 0.133. The normalized spacial score (nSPS) is 13.9. The topological polar surface area (TPSA) is 62.7 Å². The quantitative estimate of drug-likeness (QED) is 0.782. The Labute approximate surface area is 106 Å². The smallest absolute Gasteiger partial charge is 0.316 e. The third-order valence-corrected chi connectivity index (χ3v) is 3.88. The second kappa shape index (κ2) is 5.73. The van der Waals surface area contributed by atoms with E-state index < -0.39 is 0 Å². The average molecular weight is 258 g/mol. The van der Waals surface area contributed by atoms with Gasteiger partial charge in [0.2, 0.25) is 0 Å². The van der Waals surface area contributed by atoms with Crippen LogP contribution in [0.25, 0.3) is 0 Å². The van der Waals surface area contributed by atoms with Crippen LogP contribution < -0.4 is 11.0 Å². The molecule has 0 aliphatic rings. The summed E-state index contributed by atoms with van der Waals surface area (Å²) in [5.41, 5.74) is 0.0573. The van der Waals surface area contributed by atoms with E-state index >= 15 is 0 Å². The number of nitrogens with zero attached hydrogens (tertiary/aromatic N) is 2. The van der Waals surface area contributed by atoms with Gasteiger partial charge >= 0.3 is 5.69 Å². The second-order valence-corrected chi connectivity index (χ2v) is 6.06. The summed E-state index contributed by atoms with van der Waals surface area (Å²) >= 11 is 1.61. The average Bonchev–Trinajstić information content (AvgIpc) is 2.58. The molecule has 1 aromatic heterocycles. The number of hydrogen-bond donors (Lipinski definition) is 2. The Hall–Kier alpha value is -0.750. The maximum Gasteiger partial charge on any atom is 0.343 e. The van der Waals surface area contributed by atoms with Crippen LogP contribution in [0.2, 0.25) is 0 Å². The fourth-order valence-corrected chi connectivity index (χ4v) is 3.08. The van der Waals surface area contributed by atoms with Crippen molar-refractivity contribution in [1.29, 1.82) is 0 Å². The largest absolute Gasteiger partial charge is 0.343 e. The molecule has 5 nitrogen and oxygen atoms in total. The van der Waals surface area contributed by atoms with Gasteiger partial charge in [0.25, 0.3) is 0 Å². The lowest BCUT2D eigenvalue weighted by atomic mass is 9.88. The maximum atomic E-state index is 11.4. The Balaban J connectivity index is 2.69. The molecule has 0 fully saturated rings. The molecule has 0 saturated heterocycles. The highest BCUT2D eigenvalue weighted by molar-refractivity contribution is 7.99. The SMILES string of the molecule is CCn1c(SCC(NC)C(C)(C)C)n[nH]c1=O. The molecule has 98 valence electrons. The van der Waals surface area contributed by atoms with E-state index in [1.165, 1.54) is 0 Å². The lowest BCUT2D eigenvalue weighted by molar-refractivity contribution is 0.305. The maximum absolute atomic E-state index is 11.4. The van der Waals surface area contributed by atoms with E-state index in [1.54, 1.807) is 16.3 Å². The van der Waals surface area contributed by atoms with Crippen molar-refractivity contribution >= 4 is 11.8 Å². The molecule has 1 atom stereocenters. The van der Waals surface area contributed by atoms with Crippen LogP contribution >= 0.6 is 11.8 Å². The van der Waals surface area contributed by atoms with Gasteiger partial charge in [-0.3, -0.25) is 4.57 Å². The van der Waals surface area contributed by atoms with Gasteiger partial charge in [-0.2, -0.15) is 0 Å². The molecule has 6 heteroatoms. The number of H-pyrrole nitrogens is 1. The third-order valence-electron chi connectivity index (χ3n) is 2.81. The Morgan fingerprint density at radius 2 is 2.18 bits per heavy atom. The van der Waals surface area contributed by atoms with Gasteiger partial charge in [0.15, 0.2) is 5.16 Å². The summed E-state index contributed by atoms with van der Waals surface area (Å²) in [5.74, 6) is 0.893. The molecule has 0 amide bonds. The van der Waals surface area contributed by atoms with E-state index in [9.17, 15) is 4.79 Å². The standard InChI is InChI=1S/C11H22N4OS/c1-6-15-9(16)13-14-10(15)17-7-8(12-5)11(2,3)4/h8,12H,6-7H2,1-5H3,(H,13,16). The number of aromatic amines is 1. The third kappa shape index (κ3) is 3.61. The lowest BCUT2D eigenvalue weighted by Gasteiger charge is -2.29. The zero-order valence-corrected chi connectivity index (χ0v) is 12.0. The van der Waals surface area contributed by atoms with Crippen LogP contribution in [0.1, 0.15) is 27.7 Å².